The van der Waals surface area contributed by atoms with Gasteiger partial charge in [-0.15, -0.1) is 0 Å². The lowest BCUT2D eigenvalue weighted by molar-refractivity contribution is 0.325. The molecule has 1 aromatic carbocycles. The fourth-order valence-corrected chi connectivity index (χ4v) is 2.50. The van der Waals surface area contributed by atoms with Crippen LogP contribution in [0.1, 0.15) is 57.2 Å². The lowest BCUT2D eigenvalue weighted by Gasteiger charge is -2.25. The highest BCUT2D eigenvalue weighted by atomic mass is 32.1. The first-order valence-electron chi connectivity index (χ1n) is 7.30. The van der Waals surface area contributed by atoms with E-state index in [0.717, 1.165) is 25.0 Å². The quantitative estimate of drug-likeness (QED) is 0.794. The molecule has 0 saturated carbocycles. The van der Waals surface area contributed by atoms with Crippen LogP contribution in [-0.4, -0.2) is 11.6 Å². The average Bonchev–Trinajstić information content (AvgIpc) is 2.30. The van der Waals surface area contributed by atoms with Crippen LogP contribution in [0.3, 0.4) is 0 Å². The lowest BCUT2D eigenvalue weighted by Crippen LogP contribution is -2.15. The van der Waals surface area contributed by atoms with Gasteiger partial charge in [0.05, 0.1) is 11.6 Å². The molecule has 0 radical (unpaired) electrons. The highest BCUT2D eigenvalue weighted by Crippen LogP contribution is 2.36. The van der Waals surface area contributed by atoms with Crippen LogP contribution in [0.5, 0.6) is 5.75 Å². The van der Waals surface area contributed by atoms with E-state index in [0.29, 0.717) is 11.6 Å². The van der Waals surface area contributed by atoms with Crippen LogP contribution >= 0.6 is 12.2 Å². The molecule has 2 nitrogen and oxygen atoms in total. The predicted molar refractivity (Wildman–Crippen MR) is 90.8 cm³/mol. The van der Waals surface area contributed by atoms with Crippen LogP contribution in [0.15, 0.2) is 12.1 Å². The maximum absolute atomic E-state index is 5.94. The smallest absolute Gasteiger partial charge is 0.126 e. The standard InChI is InChI=1S/C17H27NOS/c1-6-19-16-13(8-7-9-15(18)20)10-12(2)11-14(16)17(3,4)5/h10-11H,6-9H2,1-5H3,(H2,18,20). The number of hydrogen-bond donors (Lipinski definition) is 1. The van der Waals surface area contributed by atoms with Gasteiger partial charge in [0.1, 0.15) is 5.75 Å². The molecule has 112 valence electrons. The number of aryl methyl sites for hydroxylation is 2. The van der Waals surface area contributed by atoms with E-state index in [2.05, 4.69) is 39.8 Å². The number of nitrogens with two attached hydrogens (primary N) is 1. The summed E-state index contributed by atoms with van der Waals surface area (Å²) in [6.45, 7) is 11.5. The van der Waals surface area contributed by atoms with Gasteiger partial charge in [0.25, 0.3) is 0 Å². The Hall–Kier alpha value is -1.09. The van der Waals surface area contributed by atoms with Crippen LogP contribution in [0.25, 0.3) is 0 Å². The van der Waals surface area contributed by atoms with Crippen molar-refractivity contribution in [2.75, 3.05) is 6.61 Å². The largest absolute Gasteiger partial charge is 0.493 e. The molecular formula is C17H27NOS. The molecule has 1 rings (SSSR count). The summed E-state index contributed by atoms with van der Waals surface area (Å²) in [7, 11) is 0. The van der Waals surface area contributed by atoms with Crippen LogP contribution in [0.4, 0.5) is 0 Å². The molecule has 2 N–H and O–H groups in total. The summed E-state index contributed by atoms with van der Waals surface area (Å²) in [5.74, 6) is 1.05. The van der Waals surface area contributed by atoms with E-state index in [1.807, 2.05) is 6.92 Å². The Morgan fingerprint density at radius 2 is 1.95 bits per heavy atom. The second kappa shape index (κ2) is 7.07. The number of ether oxygens (including phenoxy) is 1. The summed E-state index contributed by atoms with van der Waals surface area (Å²) in [6.07, 6.45) is 2.72. The molecule has 0 atom stereocenters. The third-order valence-corrected chi connectivity index (χ3v) is 3.48. The summed E-state index contributed by atoms with van der Waals surface area (Å²) in [5, 5.41) is 0. The Bertz CT molecular complexity index is 475. The van der Waals surface area contributed by atoms with Gasteiger partial charge in [-0.3, -0.25) is 0 Å². The highest BCUT2D eigenvalue weighted by Gasteiger charge is 2.21. The molecule has 0 aliphatic carbocycles. The van der Waals surface area contributed by atoms with Gasteiger partial charge in [0.2, 0.25) is 0 Å². The minimum Gasteiger partial charge on any atom is -0.493 e. The Kier molecular flexibility index (Phi) is 6.00. The molecule has 0 aromatic heterocycles. The Morgan fingerprint density at radius 1 is 1.30 bits per heavy atom. The van der Waals surface area contributed by atoms with Gasteiger partial charge >= 0.3 is 0 Å². The van der Waals surface area contributed by atoms with Crippen LogP contribution in [0, 0.1) is 6.92 Å². The number of benzene rings is 1. The summed E-state index contributed by atoms with van der Waals surface area (Å²) < 4.78 is 5.94. The predicted octanol–water partition coefficient (Wildman–Crippen LogP) is 4.30. The average molecular weight is 293 g/mol. The van der Waals surface area contributed by atoms with Crippen molar-refractivity contribution in [2.45, 2.75) is 59.3 Å². The van der Waals surface area contributed by atoms with Gasteiger partial charge < -0.3 is 10.5 Å². The van der Waals surface area contributed by atoms with Crippen molar-refractivity contribution in [3.05, 3.63) is 28.8 Å². The SMILES string of the molecule is CCOc1c(CCCC(N)=S)cc(C)cc1C(C)(C)C. The van der Waals surface area contributed by atoms with Gasteiger partial charge in [-0.2, -0.15) is 0 Å². The lowest BCUT2D eigenvalue weighted by atomic mass is 9.83. The third kappa shape index (κ3) is 4.78. The third-order valence-electron chi connectivity index (χ3n) is 3.28. The minimum absolute atomic E-state index is 0.0778. The molecule has 0 aliphatic heterocycles. The summed E-state index contributed by atoms with van der Waals surface area (Å²) >= 11 is 4.95. The zero-order chi connectivity index (χ0) is 15.3. The molecule has 20 heavy (non-hydrogen) atoms. The minimum atomic E-state index is 0.0778. The monoisotopic (exact) mass is 293 g/mol. The number of hydrogen-bond acceptors (Lipinski definition) is 2. The highest BCUT2D eigenvalue weighted by molar-refractivity contribution is 7.80. The fraction of sp³-hybridized carbons (Fsp3) is 0.588. The van der Waals surface area contributed by atoms with Gasteiger partial charge in [-0.25, -0.2) is 0 Å². The maximum Gasteiger partial charge on any atom is 0.126 e. The Balaban J connectivity index is 3.13. The molecule has 0 heterocycles. The van der Waals surface area contributed by atoms with Crippen LogP contribution in [-0.2, 0) is 11.8 Å². The molecule has 0 aliphatic rings. The molecule has 1 aromatic rings. The van der Waals surface area contributed by atoms with Crippen molar-refractivity contribution in [2.24, 2.45) is 5.73 Å². The molecule has 0 bridgehead atoms. The zero-order valence-electron chi connectivity index (χ0n) is 13.4. The molecule has 0 amide bonds. The van der Waals surface area contributed by atoms with Crippen LogP contribution < -0.4 is 10.5 Å². The van der Waals surface area contributed by atoms with E-state index in [9.17, 15) is 0 Å². The first kappa shape index (κ1) is 17.0. The topological polar surface area (TPSA) is 35.2 Å². The van der Waals surface area contributed by atoms with Crippen LogP contribution in [0.2, 0.25) is 0 Å². The van der Waals surface area contributed by atoms with Crippen molar-refractivity contribution >= 4 is 17.2 Å². The molecule has 0 fully saturated rings. The first-order chi connectivity index (χ1) is 9.25. The van der Waals surface area contributed by atoms with Crippen molar-refractivity contribution in [3.8, 4) is 5.75 Å². The fourth-order valence-electron chi connectivity index (χ4n) is 2.36. The Morgan fingerprint density at radius 3 is 2.45 bits per heavy atom. The van der Waals surface area contributed by atoms with E-state index >= 15 is 0 Å². The van der Waals surface area contributed by atoms with E-state index in [-0.39, 0.29) is 5.41 Å². The van der Waals surface area contributed by atoms with Crippen molar-refractivity contribution in [1.29, 1.82) is 0 Å². The first-order valence-corrected chi connectivity index (χ1v) is 7.71. The van der Waals surface area contributed by atoms with E-state index in [1.54, 1.807) is 0 Å². The number of rotatable bonds is 6. The summed E-state index contributed by atoms with van der Waals surface area (Å²) in [5.41, 5.74) is 9.50. The second-order valence-electron chi connectivity index (χ2n) is 6.30. The molecule has 0 spiro atoms. The summed E-state index contributed by atoms with van der Waals surface area (Å²) in [4.78, 5) is 0.589. The number of thiocarbonyl (C=S) groups is 1. The van der Waals surface area contributed by atoms with Crippen molar-refractivity contribution in [1.82, 2.24) is 0 Å². The van der Waals surface area contributed by atoms with E-state index in [1.165, 1.54) is 16.7 Å². The second-order valence-corrected chi connectivity index (χ2v) is 6.83. The van der Waals surface area contributed by atoms with Gasteiger partial charge in [0.15, 0.2) is 0 Å². The normalized spacial score (nSPS) is 11.4. The summed E-state index contributed by atoms with van der Waals surface area (Å²) in [6, 6.07) is 4.46. The van der Waals surface area contributed by atoms with Gasteiger partial charge in [-0.05, 0) is 44.1 Å². The molecule has 0 saturated heterocycles. The van der Waals surface area contributed by atoms with Gasteiger partial charge in [0, 0.05) is 5.56 Å². The van der Waals surface area contributed by atoms with Gasteiger partial charge in [-0.1, -0.05) is 50.7 Å². The Labute approximate surface area is 128 Å². The maximum atomic E-state index is 5.94. The van der Waals surface area contributed by atoms with E-state index in [4.69, 9.17) is 22.7 Å². The molecule has 0 unspecified atom stereocenters. The van der Waals surface area contributed by atoms with E-state index < -0.39 is 0 Å². The van der Waals surface area contributed by atoms with Crippen molar-refractivity contribution < 1.29 is 4.74 Å². The zero-order valence-corrected chi connectivity index (χ0v) is 14.2. The van der Waals surface area contributed by atoms with Crippen molar-refractivity contribution in [3.63, 3.8) is 0 Å². The molecular weight excluding hydrogens is 266 g/mol. The molecule has 3 heteroatoms.